The van der Waals surface area contributed by atoms with Crippen LogP contribution in [0.1, 0.15) is 24.5 Å². The number of benzene rings is 2. The highest BCUT2D eigenvalue weighted by Crippen LogP contribution is 2.33. The van der Waals surface area contributed by atoms with Crippen molar-refractivity contribution >= 4 is 21.8 Å². The molecule has 24 heavy (non-hydrogen) atoms. The van der Waals surface area contributed by atoms with E-state index in [0.717, 1.165) is 22.4 Å². The van der Waals surface area contributed by atoms with E-state index in [2.05, 4.69) is 46.1 Å². The molecule has 0 radical (unpaired) electrons. The summed E-state index contributed by atoms with van der Waals surface area (Å²) in [5, 5.41) is 17.6. The molecule has 1 N–H and O–H groups in total. The van der Waals surface area contributed by atoms with Gasteiger partial charge in [-0.15, -0.1) is 0 Å². The first-order valence-corrected chi connectivity index (χ1v) is 8.26. The summed E-state index contributed by atoms with van der Waals surface area (Å²) in [7, 11) is 0. The Morgan fingerprint density at radius 1 is 0.917 bits per heavy atom. The average Bonchev–Trinajstić information content (AvgIpc) is 3.06. The van der Waals surface area contributed by atoms with Gasteiger partial charge < -0.3 is 9.67 Å². The van der Waals surface area contributed by atoms with Crippen molar-refractivity contribution in [1.29, 1.82) is 0 Å². The third kappa shape index (κ3) is 2.14. The molecule has 4 aromatic rings. The van der Waals surface area contributed by atoms with Crippen molar-refractivity contribution in [2.45, 2.75) is 33.0 Å². The summed E-state index contributed by atoms with van der Waals surface area (Å²) < 4.78 is 4.13. The molecule has 0 aliphatic rings. The molecule has 0 aliphatic carbocycles. The molecule has 4 heteroatoms. The SMILES string of the molecule is Cc1cc(C)n(C(C(C)O)n2c3ccccc3c3ccccc32)n1. The molecule has 0 aliphatic heterocycles. The van der Waals surface area contributed by atoms with E-state index in [9.17, 15) is 5.11 Å². The van der Waals surface area contributed by atoms with Crippen LogP contribution in [0.5, 0.6) is 0 Å². The fourth-order valence-electron chi connectivity index (χ4n) is 3.68. The highest BCUT2D eigenvalue weighted by atomic mass is 16.3. The molecule has 2 heterocycles. The molecule has 0 fully saturated rings. The topological polar surface area (TPSA) is 43.0 Å². The van der Waals surface area contributed by atoms with Gasteiger partial charge in [0.05, 0.1) is 22.8 Å². The molecular weight excluding hydrogens is 298 g/mol. The number of hydrogen-bond acceptors (Lipinski definition) is 2. The van der Waals surface area contributed by atoms with Crippen molar-refractivity contribution < 1.29 is 5.11 Å². The molecule has 0 amide bonds. The van der Waals surface area contributed by atoms with Crippen LogP contribution in [0.3, 0.4) is 0 Å². The minimum absolute atomic E-state index is 0.288. The van der Waals surface area contributed by atoms with Crippen LogP contribution in [0, 0.1) is 13.8 Å². The first-order valence-electron chi connectivity index (χ1n) is 8.26. The summed E-state index contributed by atoms with van der Waals surface area (Å²) in [5.41, 5.74) is 4.22. The van der Waals surface area contributed by atoms with E-state index in [0.29, 0.717) is 0 Å². The van der Waals surface area contributed by atoms with Gasteiger partial charge in [0.25, 0.3) is 0 Å². The number of fused-ring (bicyclic) bond motifs is 3. The highest BCUT2D eigenvalue weighted by Gasteiger charge is 2.25. The normalized spacial score (nSPS) is 14.3. The molecule has 2 aromatic carbocycles. The van der Waals surface area contributed by atoms with E-state index in [1.54, 1.807) is 0 Å². The Kier molecular flexibility index (Phi) is 3.43. The molecule has 4 nitrogen and oxygen atoms in total. The second kappa shape index (κ2) is 5.49. The second-order valence-electron chi connectivity index (χ2n) is 6.43. The summed E-state index contributed by atoms with van der Waals surface area (Å²) in [5.74, 6) is 0. The molecular formula is C20H21N3O. The van der Waals surface area contributed by atoms with E-state index in [1.165, 1.54) is 10.8 Å². The molecule has 0 saturated carbocycles. The lowest BCUT2D eigenvalue weighted by Gasteiger charge is -2.25. The number of rotatable bonds is 3. The molecule has 0 saturated heterocycles. The molecule has 2 aromatic heterocycles. The van der Waals surface area contributed by atoms with E-state index >= 15 is 0 Å². The van der Waals surface area contributed by atoms with Gasteiger partial charge in [-0.1, -0.05) is 36.4 Å². The number of aryl methyl sites for hydroxylation is 2. The Balaban J connectivity index is 2.10. The average molecular weight is 319 g/mol. The van der Waals surface area contributed by atoms with Gasteiger partial charge in [0.15, 0.2) is 6.17 Å². The van der Waals surface area contributed by atoms with Gasteiger partial charge in [-0.05, 0) is 39.0 Å². The number of hydrogen-bond donors (Lipinski definition) is 1. The van der Waals surface area contributed by atoms with Gasteiger partial charge in [-0.2, -0.15) is 5.10 Å². The van der Waals surface area contributed by atoms with Gasteiger partial charge in [-0.25, -0.2) is 4.68 Å². The van der Waals surface area contributed by atoms with E-state index < -0.39 is 6.10 Å². The van der Waals surface area contributed by atoms with Crippen LogP contribution >= 0.6 is 0 Å². The van der Waals surface area contributed by atoms with Gasteiger partial charge in [-0.3, -0.25) is 0 Å². The summed E-state index contributed by atoms with van der Waals surface area (Å²) in [6, 6.07) is 18.7. The van der Waals surface area contributed by atoms with Crippen LogP contribution < -0.4 is 0 Å². The summed E-state index contributed by atoms with van der Waals surface area (Å²) >= 11 is 0. The summed E-state index contributed by atoms with van der Waals surface area (Å²) in [6.07, 6.45) is -0.870. The molecule has 4 rings (SSSR count). The first kappa shape index (κ1) is 15.0. The van der Waals surface area contributed by atoms with Crippen LogP contribution in [-0.4, -0.2) is 25.6 Å². The Bertz CT molecular complexity index is 973. The zero-order valence-electron chi connectivity index (χ0n) is 14.1. The molecule has 0 bridgehead atoms. The van der Waals surface area contributed by atoms with Gasteiger partial charge in [0.1, 0.15) is 0 Å². The Hall–Kier alpha value is -2.59. The van der Waals surface area contributed by atoms with Gasteiger partial charge >= 0.3 is 0 Å². The Labute approximate surface area is 140 Å². The van der Waals surface area contributed by atoms with Crippen LogP contribution in [0.2, 0.25) is 0 Å². The number of aromatic nitrogens is 3. The van der Waals surface area contributed by atoms with Gasteiger partial charge in [0.2, 0.25) is 0 Å². The molecule has 0 spiro atoms. The van der Waals surface area contributed by atoms with Crippen LogP contribution in [0.4, 0.5) is 0 Å². The zero-order chi connectivity index (χ0) is 16.8. The lowest BCUT2D eigenvalue weighted by atomic mass is 10.2. The standard InChI is InChI=1S/C20H21N3O/c1-13-12-14(2)23(21-13)20(15(3)24)22-18-10-6-4-8-16(18)17-9-5-7-11-19(17)22/h4-12,15,20,24H,1-3H3. The Morgan fingerprint density at radius 2 is 1.46 bits per heavy atom. The second-order valence-corrected chi connectivity index (χ2v) is 6.43. The maximum Gasteiger partial charge on any atom is 0.153 e. The lowest BCUT2D eigenvalue weighted by molar-refractivity contribution is 0.109. The van der Waals surface area contributed by atoms with Crippen molar-refractivity contribution in [2.24, 2.45) is 0 Å². The minimum Gasteiger partial charge on any atom is -0.389 e. The van der Waals surface area contributed by atoms with Crippen LogP contribution in [-0.2, 0) is 0 Å². The third-order valence-corrected chi connectivity index (χ3v) is 4.61. The van der Waals surface area contributed by atoms with Crippen molar-refractivity contribution in [3.8, 4) is 0 Å². The molecule has 2 unspecified atom stereocenters. The monoisotopic (exact) mass is 319 g/mol. The highest BCUT2D eigenvalue weighted by molar-refractivity contribution is 6.08. The fraction of sp³-hybridized carbons (Fsp3) is 0.250. The van der Waals surface area contributed by atoms with Crippen molar-refractivity contribution in [3.63, 3.8) is 0 Å². The van der Waals surface area contributed by atoms with E-state index in [4.69, 9.17) is 0 Å². The predicted molar refractivity (Wildman–Crippen MR) is 97.3 cm³/mol. The van der Waals surface area contributed by atoms with E-state index in [1.807, 2.05) is 43.7 Å². The maximum atomic E-state index is 10.6. The summed E-state index contributed by atoms with van der Waals surface area (Å²) in [4.78, 5) is 0. The quantitative estimate of drug-likeness (QED) is 0.619. The van der Waals surface area contributed by atoms with E-state index in [-0.39, 0.29) is 6.17 Å². The van der Waals surface area contributed by atoms with Crippen molar-refractivity contribution in [1.82, 2.24) is 14.3 Å². The third-order valence-electron chi connectivity index (χ3n) is 4.61. The number of aliphatic hydroxyl groups excluding tert-OH is 1. The van der Waals surface area contributed by atoms with Crippen molar-refractivity contribution in [2.75, 3.05) is 0 Å². The molecule has 122 valence electrons. The minimum atomic E-state index is -0.581. The summed E-state index contributed by atoms with van der Waals surface area (Å²) in [6.45, 7) is 5.84. The Morgan fingerprint density at radius 3 is 1.92 bits per heavy atom. The number of para-hydroxylation sites is 2. The van der Waals surface area contributed by atoms with Crippen molar-refractivity contribution in [3.05, 3.63) is 66.0 Å². The zero-order valence-corrected chi connectivity index (χ0v) is 14.1. The van der Waals surface area contributed by atoms with Crippen LogP contribution in [0.15, 0.2) is 54.6 Å². The fourth-order valence-corrected chi connectivity index (χ4v) is 3.68. The van der Waals surface area contributed by atoms with Crippen LogP contribution in [0.25, 0.3) is 21.8 Å². The lowest BCUT2D eigenvalue weighted by Crippen LogP contribution is -2.30. The number of nitrogens with zero attached hydrogens (tertiary/aromatic N) is 3. The predicted octanol–water partition coefficient (Wildman–Crippen LogP) is 4.04. The largest absolute Gasteiger partial charge is 0.389 e. The number of aliphatic hydroxyl groups is 1. The first-order chi connectivity index (χ1) is 11.6. The maximum absolute atomic E-state index is 10.6. The smallest absolute Gasteiger partial charge is 0.153 e. The molecule has 2 atom stereocenters. The van der Waals surface area contributed by atoms with Gasteiger partial charge in [0, 0.05) is 16.5 Å².